The highest BCUT2D eigenvalue weighted by Gasteiger charge is 2.30. The largest absolute Gasteiger partial charge is 0.416 e. The summed E-state index contributed by atoms with van der Waals surface area (Å²) in [5, 5.41) is 0. The molecule has 2 rings (SSSR count). The lowest BCUT2D eigenvalue weighted by Crippen LogP contribution is -2.14. The van der Waals surface area contributed by atoms with Gasteiger partial charge in [-0.3, -0.25) is 0 Å². The standard InChI is InChI=1S/C15H13F3IN/c1-9-8-11(15(16,17)18)4-7-13(9)14(20)10-2-5-12(19)6-3-10/h2-8,14H,20H2,1H3. The highest BCUT2D eigenvalue weighted by Crippen LogP contribution is 2.32. The molecule has 1 unspecified atom stereocenters. The number of nitrogens with two attached hydrogens (primary N) is 1. The Hall–Kier alpha value is -1.08. The van der Waals surface area contributed by atoms with Crippen LogP contribution in [0.2, 0.25) is 0 Å². The van der Waals surface area contributed by atoms with Crippen molar-refractivity contribution >= 4 is 22.6 Å². The van der Waals surface area contributed by atoms with E-state index in [0.29, 0.717) is 11.1 Å². The molecule has 0 radical (unpaired) electrons. The van der Waals surface area contributed by atoms with Crippen LogP contribution >= 0.6 is 22.6 Å². The van der Waals surface area contributed by atoms with Crippen molar-refractivity contribution in [1.29, 1.82) is 0 Å². The minimum absolute atomic E-state index is 0.422. The zero-order valence-corrected chi connectivity index (χ0v) is 12.9. The molecule has 1 nitrogen and oxygen atoms in total. The fourth-order valence-corrected chi connectivity index (χ4v) is 2.41. The summed E-state index contributed by atoms with van der Waals surface area (Å²) in [5.41, 5.74) is 7.64. The van der Waals surface area contributed by atoms with Gasteiger partial charge >= 0.3 is 6.18 Å². The predicted octanol–water partition coefficient (Wildman–Crippen LogP) is 4.67. The van der Waals surface area contributed by atoms with E-state index >= 15 is 0 Å². The third-order valence-corrected chi connectivity index (χ3v) is 3.88. The SMILES string of the molecule is Cc1cc(C(F)(F)F)ccc1C(N)c1ccc(I)cc1. The van der Waals surface area contributed by atoms with Crippen LogP contribution in [0.4, 0.5) is 13.2 Å². The average molecular weight is 391 g/mol. The van der Waals surface area contributed by atoms with Crippen LogP contribution < -0.4 is 5.73 Å². The zero-order chi connectivity index (χ0) is 14.9. The Bertz CT molecular complexity index is 606. The van der Waals surface area contributed by atoms with E-state index in [0.717, 1.165) is 21.3 Å². The van der Waals surface area contributed by atoms with Crippen molar-refractivity contribution in [2.75, 3.05) is 0 Å². The Balaban J connectivity index is 2.36. The summed E-state index contributed by atoms with van der Waals surface area (Å²) in [4.78, 5) is 0. The first kappa shape index (κ1) is 15.3. The smallest absolute Gasteiger partial charge is 0.320 e. The molecular weight excluding hydrogens is 378 g/mol. The Morgan fingerprint density at radius 3 is 2.15 bits per heavy atom. The molecule has 0 aromatic heterocycles. The van der Waals surface area contributed by atoms with E-state index in [1.165, 1.54) is 6.07 Å². The van der Waals surface area contributed by atoms with Crippen LogP contribution in [0.15, 0.2) is 42.5 Å². The first-order valence-electron chi connectivity index (χ1n) is 5.98. The number of aryl methyl sites for hydroxylation is 1. The van der Waals surface area contributed by atoms with Gasteiger partial charge in [-0.05, 0) is 70.5 Å². The Morgan fingerprint density at radius 2 is 1.65 bits per heavy atom. The van der Waals surface area contributed by atoms with E-state index in [-0.39, 0.29) is 0 Å². The maximum Gasteiger partial charge on any atom is 0.416 e. The molecule has 0 fully saturated rings. The summed E-state index contributed by atoms with van der Waals surface area (Å²) in [6, 6.07) is 10.9. The molecule has 0 saturated heterocycles. The molecule has 0 spiro atoms. The van der Waals surface area contributed by atoms with Crippen LogP contribution in [0.25, 0.3) is 0 Å². The molecule has 106 valence electrons. The summed E-state index contributed by atoms with van der Waals surface area (Å²) in [7, 11) is 0. The fourth-order valence-electron chi connectivity index (χ4n) is 2.05. The van der Waals surface area contributed by atoms with Crippen molar-refractivity contribution in [3.05, 3.63) is 68.3 Å². The molecule has 0 bridgehead atoms. The molecule has 0 amide bonds. The predicted molar refractivity (Wildman–Crippen MR) is 81.4 cm³/mol. The molecule has 5 heteroatoms. The maximum atomic E-state index is 12.6. The van der Waals surface area contributed by atoms with Gasteiger partial charge < -0.3 is 5.73 Å². The van der Waals surface area contributed by atoms with Gasteiger partial charge in [0, 0.05) is 3.57 Å². The van der Waals surface area contributed by atoms with Crippen molar-refractivity contribution in [3.8, 4) is 0 Å². The fraction of sp³-hybridized carbons (Fsp3) is 0.200. The lowest BCUT2D eigenvalue weighted by Gasteiger charge is -2.17. The third-order valence-electron chi connectivity index (χ3n) is 3.16. The maximum absolute atomic E-state index is 12.6. The van der Waals surface area contributed by atoms with E-state index in [1.54, 1.807) is 6.92 Å². The number of hydrogen-bond donors (Lipinski definition) is 1. The molecule has 0 aliphatic carbocycles. The van der Waals surface area contributed by atoms with Crippen LogP contribution in [0.5, 0.6) is 0 Å². The molecular formula is C15H13F3IN. The number of hydrogen-bond acceptors (Lipinski definition) is 1. The average Bonchev–Trinajstić information content (AvgIpc) is 2.37. The van der Waals surface area contributed by atoms with Crippen LogP contribution in [0, 0.1) is 10.5 Å². The molecule has 0 heterocycles. The molecule has 2 aromatic carbocycles. The van der Waals surface area contributed by atoms with E-state index < -0.39 is 17.8 Å². The molecule has 1 atom stereocenters. The van der Waals surface area contributed by atoms with Crippen LogP contribution in [0.1, 0.15) is 28.3 Å². The number of halogens is 4. The third kappa shape index (κ3) is 3.32. The quantitative estimate of drug-likeness (QED) is 0.741. The van der Waals surface area contributed by atoms with E-state index in [9.17, 15) is 13.2 Å². The van der Waals surface area contributed by atoms with Gasteiger partial charge in [0.15, 0.2) is 0 Å². The zero-order valence-electron chi connectivity index (χ0n) is 10.7. The molecule has 2 N–H and O–H groups in total. The Labute approximate surface area is 129 Å². The second-order valence-corrected chi connectivity index (χ2v) is 5.84. The van der Waals surface area contributed by atoms with Gasteiger partial charge in [0.1, 0.15) is 0 Å². The molecule has 0 aliphatic rings. The van der Waals surface area contributed by atoms with E-state index in [4.69, 9.17) is 5.73 Å². The Morgan fingerprint density at radius 1 is 1.05 bits per heavy atom. The summed E-state index contributed by atoms with van der Waals surface area (Å²) >= 11 is 2.19. The van der Waals surface area contributed by atoms with E-state index in [2.05, 4.69) is 22.6 Å². The number of alkyl halides is 3. The monoisotopic (exact) mass is 391 g/mol. The van der Waals surface area contributed by atoms with Gasteiger partial charge in [-0.25, -0.2) is 0 Å². The first-order chi connectivity index (χ1) is 9.29. The summed E-state index contributed by atoms with van der Waals surface area (Å²) in [6.45, 7) is 1.65. The van der Waals surface area contributed by atoms with Crippen LogP contribution in [0.3, 0.4) is 0 Å². The lowest BCUT2D eigenvalue weighted by atomic mass is 9.94. The van der Waals surface area contributed by atoms with Crippen molar-refractivity contribution in [3.63, 3.8) is 0 Å². The molecule has 20 heavy (non-hydrogen) atoms. The molecule has 0 aliphatic heterocycles. The van der Waals surface area contributed by atoms with Gasteiger partial charge in [0.2, 0.25) is 0 Å². The number of rotatable bonds is 2. The van der Waals surface area contributed by atoms with Crippen LogP contribution in [-0.4, -0.2) is 0 Å². The minimum atomic E-state index is -4.32. The van der Waals surface area contributed by atoms with E-state index in [1.807, 2.05) is 24.3 Å². The van der Waals surface area contributed by atoms with Gasteiger partial charge in [0.25, 0.3) is 0 Å². The van der Waals surface area contributed by atoms with Crippen molar-refractivity contribution in [2.24, 2.45) is 5.73 Å². The van der Waals surface area contributed by atoms with Crippen LogP contribution in [-0.2, 0) is 6.18 Å². The highest BCUT2D eigenvalue weighted by molar-refractivity contribution is 14.1. The molecule has 2 aromatic rings. The topological polar surface area (TPSA) is 26.0 Å². The summed E-state index contributed by atoms with van der Waals surface area (Å²) in [6.07, 6.45) is -4.32. The number of benzene rings is 2. The first-order valence-corrected chi connectivity index (χ1v) is 7.05. The van der Waals surface area contributed by atoms with Gasteiger partial charge in [-0.15, -0.1) is 0 Å². The highest BCUT2D eigenvalue weighted by atomic mass is 127. The second kappa shape index (κ2) is 5.73. The normalized spacial score (nSPS) is 13.3. The Kier molecular flexibility index (Phi) is 4.39. The summed E-state index contributed by atoms with van der Waals surface area (Å²) in [5.74, 6) is 0. The lowest BCUT2D eigenvalue weighted by molar-refractivity contribution is -0.137. The summed E-state index contributed by atoms with van der Waals surface area (Å²) < 4.78 is 39.0. The minimum Gasteiger partial charge on any atom is -0.320 e. The van der Waals surface area contributed by atoms with Gasteiger partial charge in [0.05, 0.1) is 11.6 Å². The second-order valence-electron chi connectivity index (χ2n) is 4.60. The van der Waals surface area contributed by atoms with Crippen molar-refractivity contribution < 1.29 is 13.2 Å². The van der Waals surface area contributed by atoms with Crippen molar-refractivity contribution in [2.45, 2.75) is 19.1 Å². The molecule has 0 saturated carbocycles. The van der Waals surface area contributed by atoms with Crippen molar-refractivity contribution in [1.82, 2.24) is 0 Å². The van der Waals surface area contributed by atoms with Gasteiger partial charge in [-0.1, -0.05) is 18.2 Å². The van der Waals surface area contributed by atoms with Gasteiger partial charge in [-0.2, -0.15) is 13.2 Å².